The zero-order valence-electron chi connectivity index (χ0n) is 16.3. The van der Waals surface area contributed by atoms with E-state index in [0.717, 1.165) is 38.0 Å². The summed E-state index contributed by atoms with van der Waals surface area (Å²) in [6.07, 6.45) is 5.91. The number of benzene rings is 2. The van der Waals surface area contributed by atoms with Crippen LogP contribution in [0.2, 0.25) is 0 Å². The van der Waals surface area contributed by atoms with Gasteiger partial charge in [0, 0.05) is 47.6 Å². The van der Waals surface area contributed by atoms with Crippen molar-refractivity contribution in [1.82, 2.24) is 9.55 Å². The first-order valence-electron chi connectivity index (χ1n) is 9.29. The van der Waals surface area contributed by atoms with Crippen LogP contribution < -0.4 is 10.2 Å². The molecule has 0 bridgehead atoms. The average Bonchev–Trinajstić information content (AvgIpc) is 3.04. The summed E-state index contributed by atoms with van der Waals surface area (Å²) in [4.78, 5) is 18.8. The molecule has 0 radical (unpaired) electrons. The number of fused-ring (bicyclic) bond motifs is 1. The minimum atomic E-state index is -0.0402. The van der Waals surface area contributed by atoms with Gasteiger partial charge in [-0.25, -0.2) is 0 Å². The first-order chi connectivity index (χ1) is 14.0. The predicted molar refractivity (Wildman–Crippen MR) is 122 cm³/mol. The molecule has 2 aromatic carbocycles. The van der Waals surface area contributed by atoms with E-state index in [1.807, 2.05) is 73.9 Å². The fourth-order valence-corrected chi connectivity index (χ4v) is 4.14. The Hall–Kier alpha value is -3.12. The van der Waals surface area contributed by atoms with E-state index in [0.29, 0.717) is 6.42 Å². The molecule has 29 heavy (non-hydrogen) atoms. The van der Waals surface area contributed by atoms with Crippen LogP contribution >= 0.6 is 15.9 Å². The van der Waals surface area contributed by atoms with Crippen LogP contribution in [0.4, 0.5) is 17.1 Å². The van der Waals surface area contributed by atoms with Crippen molar-refractivity contribution in [1.29, 1.82) is 0 Å². The summed E-state index contributed by atoms with van der Waals surface area (Å²) in [6, 6.07) is 17.8. The fourth-order valence-electron chi connectivity index (χ4n) is 3.49. The lowest BCUT2D eigenvalue weighted by Crippen LogP contribution is -2.15. The number of rotatable bonds is 5. The number of hydrogen-bond acceptors (Lipinski definition) is 3. The number of amides is 1. The van der Waals surface area contributed by atoms with Gasteiger partial charge in [-0.05, 0) is 57.9 Å². The molecule has 0 atom stereocenters. The van der Waals surface area contributed by atoms with Crippen molar-refractivity contribution in [3.63, 3.8) is 0 Å². The van der Waals surface area contributed by atoms with Crippen molar-refractivity contribution < 1.29 is 4.79 Å². The van der Waals surface area contributed by atoms with Gasteiger partial charge in [0.05, 0.1) is 24.0 Å². The van der Waals surface area contributed by atoms with Gasteiger partial charge in [-0.3, -0.25) is 9.78 Å². The van der Waals surface area contributed by atoms with Gasteiger partial charge in [0.25, 0.3) is 0 Å². The summed E-state index contributed by atoms with van der Waals surface area (Å²) >= 11 is 3.62. The van der Waals surface area contributed by atoms with Gasteiger partial charge in [0.1, 0.15) is 0 Å². The molecule has 0 saturated heterocycles. The van der Waals surface area contributed by atoms with Crippen LogP contribution in [0.15, 0.2) is 77.7 Å². The van der Waals surface area contributed by atoms with E-state index in [4.69, 9.17) is 0 Å². The quantitative estimate of drug-likeness (QED) is 0.451. The summed E-state index contributed by atoms with van der Waals surface area (Å²) in [5, 5.41) is 4.11. The molecule has 1 N–H and O–H groups in total. The molecule has 1 amide bonds. The molecule has 4 aromatic rings. The average molecular weight is 449 g/mol. The third-order valence-corrected chi connectivity index (χ3v) is 5.59. The Morgan fingerprint density at radius 2 is 2.00 bits per heavy atom. The molecule has 2 aromatic heterocycles. The Kier molecular flexibility index (Phi) is 5.36. The second-order valence-corrected chi connectivity index (χ2v) is 7.80. The molecular weight excluding hydrogens is 428 g/mol. The van der Waals surface area contributed by atoms with Gasteiger partial charge in [-0.15, -0.1) is 0 Å². The number of para-hydroxylation sites is 1. The highest BCUT2D eigenvalue weighted by atomic mass is 79.9. The number of carbonyl (C=O) groups is 1. The Labute approximate surface area is 178 Å². The number of halogens is 1. The van der Waals surface area contributed by atoms with Gasteiger partial charge in [-0.1, -0.05) is 18.2 Å². The number of aryl methyl sites for hydroxylation is 1. The Bertz CT molecular complexity index is 1170. The Morgan fingerprint density at radius 3 is 2.76 bits per heavy atom. The first-order valence-corrected chi connectivity index (χ1v) is 10.1. The van der Waals surface area contributed by atoms with E-state index in [1.54, 1.807) is 6.20 Å². The van der Waals surface area contributed by atoms with Crippen molar-refractivity contribution in [2.75, 3.05) is 17.3 Å². The standard InChI is InChI=1S/C23H21BrN4O/c1-27-15-16(19-7-3-4-8-21(19)27)12-23(29)26-17-9-10-22(20(24)13-17)28(2)18-6-5-11-25-14-18/h3-11,13-15H,12H2,1-2H3,(H,26,29). The van der Waals surface area contributed by atoms with Gasteiger partial charge < -0.3 is 14.8 Å². The molecule has 0 aliphatic heterocycles. The molecule has 0 spiro atoms. The van der Waals surface area contributed by atoms with Crippen molar-refractivity contribution in [3.8, 4) is 0 Å². The topological polar surface area (TPSA) is 50.2 Å². The van der Waals surface area contributed by atoms with Crippen LogP contribution in [-0.2, 0) is 18.3 Å². The zero-order chi connectivity index (χ0) is 20.4. The summed E-state index contributed by atoms with van der Waals surface area (Å²) < 4.78 is 2.95. The maximum Gasteiger partial charge on any atom is 0.228 e. The van der Waals surface area contributed by atoms with Gasteiger partial charge in [0.15, 0.2) is 0 Å². The normalized spacial score (nSPS) is 10.9. The summed E-state index contributed by atoms with van der Waals surface area (Å²) in [5.41, 5.74) is 4.88. The lowest BCUT2D eigenvalue weighted by molar-refractivity contribution is -0.115. The maximum absolute atomic E-state index is 12.6. The molecule has 0 saturated carbocycles. The molecular formula is C23H21BrN4O. The first kappa shape index (κ1) is 19.2. The van der Waals surface area contributed by atoms with E-state index in [-0.39, 0.29) is 5.91 Å². The lowest BCUT2D eigenvalue weighted by Gasteiger charge is -2.21. The number of hydrogen-bond donors (Lipinski definition) is 1. The van der Waals surface area contributed by atoms with Gasteiger partial charge in [-0.2, -0.15) is 0 Å². The number of nitrogens with zero attached hydrogens (tertiary/aromatic N) is 3. The van der Waals surface area contributed by atoms with Gasteiger partial charge in [0.2, 0.25) is 5.91 Å². The van der Waals surface area contributed by atoms with Crippen LogP contribution in [0, 0.1) is 0 Å². The van der Waals surface area contributed by atoms with E-state index in [1.165, 1.54) is 0 Å². The minimum absolute atomic E-state index is 0.0402. The number of aromatic nitrogens is 2. The lowest BCUT2D eigenvalue weighted by atomic mass is 10.1. The highest BCUT2D eigenvalue weighted by Crippen LogP contribution is 2.32. The van der Waals surface area contributed by atoms with Crippen LogP contribution in [-0.4, -0.2) is 22.5 Å². The van der Waals surface area contributed by atoms with Crippen molar-refractivity contribution >= 4 is 49.8 Å². The Balaban J connectivity index is 1.49. The minimum Gasteiger partial charge on any atom is -0.350 e. The van der Waals surface area contributed by atoms with Crippen LogP contribution in [0.3, 0.4) is 0 Å². The molecule has 4 rings (SSSR count). The largest absolute Gasteiger partial charge is 0.350 e. The van der Waals surface area contributed by atoms with E-state index in [2.05, 4.69) is 42.9 Å². The van der Waals surface area contributed by atoms with E-state index < -0.39 is 0 Å². The fraction of sp³-hybridized carbons (Fsp3) is 0.130. The van der Waals surface area contributed by atoms with Crippen LogP contribution in [0.25, 0.3) is 10.9 Å². The SMILES string of the molecule is CN(c1cccnc1)c1ccc(NC(=O)Cc2cn(C)c3ccccc23)cc1Br. The Morgan fingerprint density at radius 1 is 1.17 bits per heavy atom. The van der Waals surface area contributed by atoms with Crippen LogP contribution in [0.1, 0.15) is 5.56 Å². The maximum atomic E-state index is 12.6. The monoisotopic (exact) mass is 448 g/mol. The number of anilines is 3. The van der Waals surface area contributed by atoms with E-state index in [9.17, 15) is 4.79 Å². The highest BCUT2D eigenvalue weighted by molar-refractivity contribution is 9.10. The molecule has 6 heteroatoms. The number of carbonyl (C=O) groups excluding carboxylic acids is 1. The van der Waals surface area contributed by atoms with Crippen molar-refractivity contribution in [2.45, 2.75) is 6.42 Å². The second kappa shape index (κ2) is 8.09. The molecule has 146 valence electrons. The number of nitrogens with one attached hydrogen (secondary N) is 1. The third-order valence-electron chi connectivity index (χ3n) is 4.96. The van der Waals surface area contributed by atoms with Gasteiger partial charge >= 0.3 is 0 Å². The highest BCUT2D eigenvalue weighted by Gasteiger charge is 2.13. The van der Waals surface area contributed by atoms with E-state index >= 15 is 0 Å². The molecule has 0 aliphatic carbocycles. The van der Waals surface area contributed by atoms with Crippen molar-refractivity contribution in [2.24, 2.45) is 7.05 Å². The molecule has 0 aliphatic rings. The summed E-state index contributed by atoms with van der Waals surface area (Å²) in [5.74, 6) is -0.0402. The third kappa shape index (κ3) is 4.03. The molecule has 0 fully saturated rings. The number of pyridine rings is 1. The zero-order valence-corrected chi connectivity index (χ0v) is 17.8. The molecule has 2 heterocycles. The second-order valence-electron chi connectivity index (χ2n) is 6.94. The summed E-state index contributed by atoms with van der Waals surface area (Å²) in [7, 11) is 3.98. The molecule has 0 unspecified atom stereocenters. The summed E-state index contributed by atoms with van der Waals surface area (Å²) in [6.45, 7) is 0. The predicted octanol–water partition coefficient (Wildman–Crippen LogP) is 5.28. The van der Waals surface area contributed by atoms with Crippen molar-refractivity contribution in [3.05, 3.63) is 83.2 Å². The van der Waals surface area contributed by atoms with Crippen LogP contribution in [0.5, 0.6) is 0 Å². The smallest absolute Gasteiger partial charge is 0.228 e. The molecule has 5 nitrogen and oxygen atoms in total.